The highest BCUT2D eigenvalue weighted by Crippen LogP contribution is 2.30. The smallest absolute Gasteiger partial charge is 0.119 e. The van der Waals surface area contributed by atoms with Crippen LogP contribution in [0, 0.1) is 0 Å². The van der Waals surface area contributed by atoms with Crippen molar-refractivity contribution in [2.75, 3.05) is 7.11 Å². The predicted molar refractivity (Wildman–Crippen MR) is 85.8 cm³/mol. The molecule has 1 aromatic carbocycles. The van der Waals surface area contributed by atoms with Crippen LogP contribution in [0.25, 0.3) is 10.9 Å². The molecule has 3 nitrogen and oxygen atoms in total. The second kappa shape index (κ2) is 6.00. The third kappa shape index (κ3) is 2.64. The molecule has 0 spiro atoms. The highest BCUT2D eigenvalue weighted by Gasteiger charge is 2.14. The Hall–Kier alpha value is -2.29. The van der Waals surface area contributed by atoms with E-state index >= 15 is 0 Å². The van der Waals surface area contributed by atoms with Crippen LogP contribution >= 0.6 is 0 Å². The Kier molecular flexibility index (Phi) is 3.91. The summed E-state index contributed by atoms with van der Waals surface area (Å²) in [4.78, 5) is 4.13. The summed E-state index contributed by atoms with van der Waals surface area (Å²) in [5, 5.41) is 1.21. The predicted octanol–water partition coefficient (Wildman–Crippen LogP) is 4.43. The van der Waals surface area contributed by atoms with E-state index < -0.39 is 0 Å². The summed E-state index contributed by atoms with van der Waals surface area (Å²) in [5.41, 5.74) is 2.55. The fraction of sp³-hybridized carbons (Fsp3) is 0.278. The van der Waals surface area contributed by atoms with Gasteiger partial charge in [-0.3, -0.25) is 4.98 Å². The molecule has 2 aromatic heterocycles. The van der Waals surface area contributed by atoms with Crippen molar-refractivity contribution in [2.24, 2.45) is 0 Å². The van der Waals surface area contributed by atoms with E-state index in [0.29, 0.717) is 6.04 Å². The molecular weight excluding hydrogens is 260 g/mol. The molecule has 2 heterocycles. The quantitative estimate of drug-likeness (QED) is 0.691. The summed E-state index contributed by atoms with van der Waals surface area (Å²) in [6.45, 7) is 2.23. The number of aromatic nitrogens is 2. The molecule has 0 fully saturated rings. The van der Waals surface area contributed by atoms with E-state index in [2.05, 4.69) is 53.0 Å². The van der Waals surface area contributed by atoms with Gasteiger partial charge in [-0.1, -0.05) is 13.3 Å². The fourth-order valence-electron chi connectivity index (χ4n) is 2.87. The number of ether oxygens (including phenoxy) is 1. The monoisotopic (exact) mass is 280 g/mol. The fourth-order valence-corrected chi connectivity index (χ4v) is 2.87. The first-order valence-corrected chi connectivity index (χ1v) is 7.38. The zero-order valence-corrected chi connectivity index (χ0v) is 12.5. The van der Waals surface area contributed by atoms with Crippen molar-refractivity contribution in [1.29, 1.82) is 0 Å². The number of fused-ring (bicyclic) bond motifs is 1. The Balaban J connectivity index is 2.07. The van der Waals surface area contributed by atoms with Crippen LogP contribution in [0.15, 0.2) is 55.0 Å². The lowest BCUT2D eigenvalue weighted by molar-refractivity contribution is 0.415. The molecule has 0 bridgehead atoms. The average molecular weight is 280 g/mol. The molecule has 1 atom stereocenters. The Morgan fingerprint density at radius 2 is 1.95 bits per heavy atom. The van der Waals surface area contributed by atoms with Crippen LogP contribution in [-0.4, -0.2) is 16.7 Å². The molecule has 0 N–H and O–H groups in total. The van der Waals surface area contributed by atoms with Gasteiger partial charge in [-0.15, -0.1) is 0 Å². The minimum absolute atomic E-state index is 0.351. The van der Waals surface area contributed by atoms with Crippen molar-refractivity contribution in [3.63, 3.8) is 0 Å². The Morgan fingerprint density at radius 1 is 1.14 bits per heavy atom. The van der Waals surface area contributed by atoms with Crippen molar-refractivity contribution in [1.82, 2.24) is 9.55 Å². The summed E-state index contributed by atoms with van der Waals surface area (Å²) in [6, 6.07) is 13.0. The van der Waals surface area contributed by atoms with Gasteiger partial charge in [0.05, 0.1) is 13.2 Å². The van der Waals surface area contributed by atoms with Crippen LogP contribution in [0.5, 0.6) is 5.75 Å². The summed E-state index contributed by atoms with van der Waals surface area (Å²) in [6.07, 6.45) is 8.16. The molecule has 3 rings (SSSR count). The second-order valence-corrected chi connectivity index (χ2v) is 5.23. The van der Waals surface area contributed by atoms with Gasteiger partial charge in [0.15, 0.2) is 0 Å². The molecule has 0 saturated heterocycles. The van der Waals surface area contributed by atoms with E-state index in [-0.39, 0.29) is 0 Å². The minimum atomic E-state index is 0.351. The first kappa shape index (κ1) is 13.7. The Labute approximate surface area is 125 Å². The highest BCUT2D eigenvalue weighted by atomic mass is 16.5. The maximum Gasteiger partial charge on any atom is 0.119 e. The number of rotatable bonds is 5. The summed E-state index contributed by atoms with van der Waals surface area (Å²) < 4.78 is 7.66. The van der Waals surface area contributed by atoms with Crippen LogP contribution in [0.1, 0.15) is 31.4 Å². The third-order valence-electron chi connectivity index (χ3n) is 3.92. The number of nitrogens with zero attached hydrogens (tertiary/aromatic N) is 2. The number of hydrogen-bond donors (Lipinski definition) is 0. The third-order valence-corrected chi connectivity index (χ3v) is 3.92. The van der Waals surface area contributed by atoms with Gasteiger partial charge in [0.1, 0.15) is 5.75 Å². The van der Waals surface area contributed by atoms with Gasteiger partial charge in [-0.25, -0.2) is 0 Å². The highest BCUT2D eigenvalue weighted by molar-refractivity contribution is 5.82. The van der Waals surface area contributed by atoms with Crippen molar-refractivity contribution >= 4 is 10.9 Å². The first-order valence-electron chi connectivity index (χ1n) is 7.38. The molecule has 0 aliphatic rings. The molecule has 0 aliphatic heterocycles. The van der Waals surface area contributed by atoms with Gasteiger partial charge in [0.25, 0.3) is 0 Å². The van der Waals surface area contributed by atoms with E-state index in [0.717, 1.165) is 18.6 Å². The van der Waals surface area contributed by atoms with Crippen LogP contribution in [0.3, 0.4) is 0 Å². The molecule has 0 aliphatic carbocycles. The van der Waals surface area contributed by atoms with Crippen LogP contribution < -0.4 is 4.74 Å². The van der Waals surface area contributed by atoms with Crippen molar-refractivity contribution in [2.45, 2.75) is 25.8 Å². The van der Waals surface area contributed by atoms with Crippen molar-refractivity contribution in [3.8, 4) is 5.75 Å². The van der Waals surface area contributed by atoms with Gasteiger partial charge >= 0.3 is 0 Å². The molecule has 3 aromatic rings. The topological polar surface area (TPSA) is 27.1 Å². The van der Waals surface area contributed by atoms with Gasteiger partial charge in [-0.05, 0) is 48.4 Å². The van der Waals surface area contributed by atoms with E-state index in [1.165, 1.54) is 16.5 Å². The summed E-state index contributed by atoms with van der Waals surface area (Å²) in [5.74, 6) is 0.899. The van der Waals surface area contributed by atoms with Crippen LogP contribution in [-0.2, 0) is 0 Å². The lowest BCUT2D eigenvalue weighted by atomic mass is 10.0. The number of hydrogen-bond acceptors (Lipinski definition) is 2. The average Bonchev–Trinajstić information content (AvgIpc) is 2.96. The molecule has 3 heteroatoms. The lowest BCUT2D eigenvalue weighted by Gasteiger charge is -2.20. The van der Waals surface area contributed by atoms with Crippen molar-refractivity contribution in [3.05, 3.63) is 60.6 Å². The zero-order chi connectivity index (χ0) is 14.7. The Morgan fingerprint density at radius 3 is 2.67 bits per heavy atom. The molecular formula is C18H20N2O. The maximum atomic E-state index is 5.31. The molecule has 21 heavy (non-hydrogen) atoms. The number of methoxy groups -OCH3 is 1. The summed E-state index contributed by atoms with van der Waals surface area (Å²) in [7, 11) is 1.70. The molecule has 0 radical (unpaired) electrons. The van der Waals surface area contributed by atoms with E-state index in [1.807, 2.05) is 18.5 Å². The standard InChI is InChI=1S/C18H20N2O/c1-3-4-17(14-7-10-19-11-8-14)20-12-9-15-13-16(21-2)5-6-18(15)20/h5-13,17H,3-4H2,1-2H3. The van der Waals surface area contributed by atoms with Gasteiger partial charge in [0.2, 0.25) is 0 Å². The van der Waals surface area contributed by atoms with E-state index in [4.69, 9.17) is 4.74 Å². The molecule has 0 amide bonds. The summed E-state index contributed by atoms with van der Waals surface area (Å²) >= 11 is 0. The molecule has 1 unspecified atom stereocenters. The largest absolute Gasteiger partial charge is 0.497 e. The number of pyridine rings is 1. The SMILES string of the molecule is CCCC(c1ccncc1)n1ccc2cc(OC)ccc21. The minimum Gasteiger partial charge on any atom is -0.497 e. The second-order valence-electron chi connectivity index (χ2n) is 5.23. The zero-order valence-electron chi connectivity index (χ0n) is 12.5. The normalized spacial score (nSPS) is 12.5. The van der Waals surface area contributed by atoms with Crippen LogP contribution in [0.4, 0.5) is 0 Å². The van der Waals surface area contributed by atoms with Gasteiger partial charge < -0.3 is 9.30 Å². The Bertz CT molecular complexity index is 718. The first-order chi connectivity index (χ1) is 10.3. The van der Waals surface area contributed by atoms with Crippen LogP contribution in [0.2, 0.25) is 0 Å². The number of benzene rings is 1. The maximum absolute atomic E-state index is 5.31. The van der Waals surface area contributed by atoms with E-state index in [9.17, 15) is 0 Å². The van der Waals surface area contributed by atoms with Gasteiger partial charge in [0, 0.05) is 29.5 Å². The lowest BCUT2D eigenvalue weighted by Crippen LogP contribution is -2.09. The molecule has 0 saturated carbocycles. The van der Waals surface area contributed by atoms with E-state index in [1.54, 1.807) is 7.11 Å². The molecule has 108 valence electrons. The van der Waals surface area contributed by atoms with Crippen molar-refractivity contribution < 1.29 is 4.74 Å². The van der Waals surface area contributed by atoms with Gasteiger partial charge in [-0.2, -0.15) is 0 Å².